The lowest BCUT2D eigenvalue weighted by Crippen LogP contribution is -2.25. The third-order valence-electron chi connectivity index (χ3n) is 3.46. The second-order valence-corrected chi connectivity index (χ2v) is 5.74. The highest BCUT2D eigenvalue weighted by molar-refractivity contribution is 6.30. The van der Waals surface area contributed by atoms with Crippen LogP contribution < -0.4 is 5.32 Å². The molecule has 0 aliphatic rings. The molecular formula is C14H24ClN3. The molecule has 0 atom stereocenters. The summed E-state index contributed by atoms with van der Waals surface area (Å²) in [6.07, 6.45) is 2.36. The van der Waals surface area contributed by atoms with Gasteiger partial charge in [0.15, 0.2) is 0 Å². The Balaban J connectivity index is 2.76. The van der Waals surface area contributed by atoms with Gasteiger partial charge in [0.2, 0.25) is 0 Å². The van der Waals surface area contributed by atoms with Crippen LogP contribution in [0, 0.1) is 17.8 Å². The molecule has 0 aromatic carbocycles. The van der Waals surface area contributed by atoms with Gasteiger partial charge in [0.1, 0.15) is 17.3 Å². The Morgan fingerprint density at radius 3 is 2.28 bits per heavy atom. The van der Waals surface area contributed by atoms with Crippen LogP contribution in [0.25, 0.3) is 0 Å². The Kier molecular flexibility index (Phi) is 5.86. The molecule has 4 heteroatoms. The van der Waals surface area contributed by atoms with Gasteiger partial charge in [-0.25, -0.2) is 9.97 Å². The lowest BCUT2D eigenvalue weighted by atomic mass is 9.85. The minimum Gasteiger partial charge on any atom is -0.369 e. The molecule has 0 spiro atoms. The summed E-state index contributed by atoms with van der Waals surface area (Å²) in [5.41, 5.74) is 1.01. The molecule has 18 heavy (non-hydrogen) atoms. The predicted molar refractivity (Wildman–Crippen MR) is 78.1 cm³/mol. The summed E-state index contributed by atoms with van der Waals surface area (Å²) in [6.45, 7) is 12.0. The smallest absolute Gasteiger partial charge is 0.137 e. The van der Waals surface area contributed by atoms with Crippen molar-refractivity contribution in [1.82, 2.24) is 9.97 Å². The average Bonchev–Trinajstić information content (AvgIpc) is 2.28. The molecule has 1 aromatic rings. The molecule has 0 aliphatic carbocycles. The fourth-order valence-corrected chi connectivity index (χ4v) is 2.58. The van der Waals surface area contributed by atoms with Gasteiger partial charge in [-0.05, 0) is 24.2 Å². The molecule has 0 saturated carbocycles. The number of halogens is 1. The van der Waals surface area contributed by atoms with Crippen molar-refractivity contribution in [2.75, 3.05) is 11.9 Å². The molecule has 1 aromatic heterocycles. The van der Waals surface area contributed by atoms with Gasteiger partial charge >= 0.3 is 0 Å². The van der Waals surface area contributed by atoms with Crippen LogP contribution in [-0.2, 0) is 6.42 Å². The fourth-order valence-electron chi connectivity index (χ4n) is 2.31. The molecule has 1 heterocycles. The highest BCUT2D eigenvalue weighted by atomic mass is 35.5. The Morgan fingerprint density at radius 1 is 1.17 bits per heavy atom. The summed E-state index contributed by atoms with van der Waals surface area (Å²) in [7, 11) is 0. The lowest BCUT2D eigenvalue weighted by molar-refractivity contribution is 0.304. The predicted octanol–water partition coefficient (Wildman–Crippen LogP) is 4.03. The van der Waals surface area contributed by atoms with Gasteiger partial charge in [-0.2, -0.15) is 0 Å². The molecule has 0 aliphatic heterocycles. The number of aromatic nitrogens is 2. The normalized spacial score (nSPS) is 11.6. The second kappa shape index (κ2) is 6.93. The van der Waals surface area contributed by atoms with Crippen molar-refractivity contribution >= 4 is 17.4 Å². The summed E-state index contributed by atoms with van der Waals surface area (Å²) in [5.74, 6) is 2.81. The van der Waals surface area contributed by atoms with Crippen LogP contribution in [-0.4, -0.2) is 16.5 Å². The maximum Gasteiger partial charge on any atom is 0.137 e. The van der Waals surface area contributed by atoms with E-state index in [4.69, 9.17) is 11.6 Å². The SMILES string of the molecule is CCc1c(Cl)ncnc1NCC(C(C)C)C(C)C. The zero-order valence-electron chi connectivity index (χ0n) is 12.0. The Labute approximate surface area is 115 Å². The third kappa shape index (κ3) is 3.84. The molecule has 1 rings (SSSR count). The number of nitrogens with one attached hydrogen (secondary N) is 1. The van der Waals surface area contributed by atoms with E-state index in [0.717, 1.165) is 24.3 Å². The topological polar surface area (TPSA) is 37.8 Å². The van der Waals surface area contributed by atoms with Gasteiger partial charge < -0.3 is 5.32 Å². The van der Waals surface area contributed by atoms with Gasteiger partial charge in [0.05, 0.1) is 0 Å². The maximum absolute atomic E-state index is 6.08. The quantitative estimate of drug-likeness (QED) is 0.793. The van der Waals surface area contributed by atoms with E-state index < -0.39 is 0 Å². The Morgan fingerprint density at radius 2 is 1.78 bits per heavy atom. The fraction of sp³-hybridized carbons (Fsp3) is 0.714. The van der Waals surface area contributed by atoms with E-state index in [0.29, 0.717) is 22.9 Å². The first-order valence-electron chi connectivity index (χ1n) is 6.70. The molecule has 102 valence electrons. The van der Waals surface area contributed by atoms with Gasteiger partial charge in [-0.3, -0.25) is 0 Å². The van der Waals surface area contributed by atoms with Gasteiger partial charge in [0, 0.05) is 12.1 Å². The van der Waals surface area contributed by atoms with Crippen LogP contribution in [0.5, 0.6) is 0 Å². The lowest BCUT2D eigenvalue weighted by Gasteiger charge is -2.25. The standard InChI is InChI=1S/C14H24ClN3/c1-6-11-13(15)17-8-18-14(11)16-7-12(9(2)3)10(4)5/h8-10,12H,6-7H2,1-5H3,(H,16,17,18). The molecule has 1 N–H and O–H groups in total. The van der Waals surface area contributed by atoms with Crippen molar-refractivity contribution in [3.05, 3.63) is 17.0 Å². The van der Waals surface area contributed by atoms with E-state index in [1.165, 1.54) is 6.33 Å². The van der Waals surface area contributed by atoms with Crippen LogP contribution >= 0.6 is 11.6 Å². The van der Waals surface area contributed by atoms with Crippen LogP contribution in [0.3, 0.4) is 0 Å². The summed E-state index contributed by atoms with van der Waals surface area (Å²) in [4.78, 5) is 8.32. The summed E-state index contributed by atoms with van der Waals surface area (Å²) < 4.78 is 0. The Hall–Kier alpha value is -0.830. The van der Waals surface area contributed by atoms with Gasteiger partial charge in [0.25, 0.3) is 0 Å². The van der Waals surface area contributed by atoms with Crippen molar-refractivity contribution in [2.24, 2.45) is 17.8 Å². The van der Waals surface area contributed by atoms with E-state index in [1.807, 2.05) is 0 Å². The second-order valence-electron chi connectivity index (χ2n) is 5.38. The number of rotatable bonds is 6. The highest BCUT2D eigenvalue weighted by Gasteiger charge is 2.18. The number of nitrogens with zero attached hydrogens (tertiary/aromatic N) is 2. The zero-order valence-corrected chi connectivity index (χ0v) is 12.8. The molecule has 3 nitrogen and oxygen atoms in total. The third-order valence-corrected chi connectivity index (χ3v) is 3.79. The van der Waals surface area contributed by atoms with Crippen molar-refractivity contribution in [2.45, 2.75) is 41.0 Å². The molecule has 0 radical (unpaired) electrons. The highest BCUT2D eigenvalue weighted by Crippen LogP contribution is 2.24. The summed E-state index contributed by atoms with van der Waals surface area (Å²) in [5, 5.41) is 3.99. The number of anilines is 1. The largest absolute Gasteiger partial charge is 0.369 e. The first-order valence-corrected chi connectivity index (χ1v) is 7.08. The van der Waals surface area contributed by atoms with Crippen molar-refractivity contribution < 1.29 is 0 Å². The Bertz CT molecular complexity index is 369. The minimum absolute atomic E-state index is 0.556. The molecule has 0 bridgehead atoms. The first-order chi connectivity index (χ1) is 8.47. The minimum atomic E-state index is 0.556. The molecule has 0 amide bonds. The van der Waals surface area contributed by atoms with Crippen LogP contribution in [0.15, 0.2) is 6.33 Å². The zero-order chi connectivity index (χ0) is 13.7. The van der Waals surface area contributed by atoms with E-state index >= 15 is 0 Å². The first kappa shape index (κ1) is 15.2. The van der Waals surface area contributed by atoms with Crippen LogP contribution in [0.2, 0.25) is 5.15 Å². The van der Waals surface area contributed by atoms with E-state index in [-0.39, 0.29) is 0 Å². The van der Waals surface area contributed by atoms with E-state index in [1.54, 1.807) is 0 Å². The van der Waals surface area contributed by atoms with Crippen LogP contribution in [0.4, 0.5) is 5.82 Å². The number of hydrogen-bond donors (Lipinski definition) is 1. The number of hydrogen-bond acceptors (Lipinski definition) is 3. The summed E-state index contributed by atoms with van der Waals surface area (Å²) in [6, 6.07) is 0. The van der Waals surface area contributed by atoms with Crippen molar-refractivity contribution in [1.29, 1.82) is 0 Å². The van der Waals surface area contributed by atoms with Gasteiger partial charge in [-0.15, -0.1) is 0 Å². The van der Waals surface area contributed by atoms with Crippen molar-refractivity contribution in [3.8, 4) is 0 Å². The van der Waals surface area contributed by atoms with Gasteiger partial charge in [-0.1, -0.05) is 46.2 Å². The summed E-state index contributed by atoms with van der Waals surface area (Å²) >= 11 is 6.08. The van der Waals surface area contributed by atoms with Crippen LogP contribution in [0.1, 0.15) is 40.2 Å². The molecule has 0 fully saturated rings. The molecule has 0 saturated heterocycles. The maximum atomic E-state index is 6.08. The van der Waals surface area contributed by atoms with E-state index in [2.05, 4.69) is 49.9 Å². The molecular weight excluding hydrogens is 246 g/mol. The van der Waals surface area contributed by atoms with Crippen molar-refractivity contribution in [3.63, 3.8) is 0 Å². The van der Waals surface area contributed by atoms with E-state index in [9.17, 15) is 0 Å². The molecule has 0 unspecified atom stereocenters. The monoisotopic (exact) mass is 269 g/mol. The average molecular weight is 270 g/mol.